The zero-order valence-corrected chi connectivity index (χ0v) is 8.87. The molecule has 0 radical (unpaired) electrons. The maximum Gasteiger partial charge on any atom is 0.292 e. The Labute approximate surface area is 83.9 Å². The zero-order valence-electron chi connectivity index (χ0n) is 8.87. The normalized spacial score (nSPS) is 9.64. The number of hydrogen-bond donors (Lipinski definition) is 1. The predicted molar refractivity (Wildman–Crippen MR) is 59.1 cm³/mol. The fourth-order valence-corrected chi connectivity index (χ4v) is 1.21. The Kier molecular flexibility index (Phi) is 3.51. The lowest BCUT2D eigenvalue weighted by atomic mass is 10.2. The van der Waals surface area contributed by atoms with Crippen LogP contribution in [-0.2, 0) is 6.42 Å². The largest absolute Gasteiger partial charge is 0.424 e. The zero-order chi connectivity index (χ0) is 10.6. The summed E-state index contributed by atoms with van der Waals surface area (Å²) in [5, 5.41) is 0. The summed E-state index contributed by atoms with van der Waals surface area (Å²) in [7, 11) is 0. The average molecular weight is 192 g/mol. The van der Waals surface area contributed by atoms with Crippen molar-refractivity contribution in [3.05, 3.63) is 23.8 Å². The van der Waals surface area contributed by atoms with Crippen LogP contribution in [0.3, 0.4) is 0 Å². The van der Waals surface area contributed by atoms with Gasteiger partial charge in [0.15, 0.2) is 5.58 Å². The highest BCUT2D eigenvalue weighted by Gasteiger charge is 2.01. The quantitative estimate of drug-likeness (QED) is 0.755. The molecule has 3 heteroatoms. The number of benzene rings is 1. The first-order valence-electron chi connectivity index (χ1n) is 4.94. The van der Waals surface area contributed by atoms with Crippen LogP contribution < -0.4 is 5.73 Å². The van der Waals surface area contributed by atoms with Gasteiger partial charge in [-0.3, -0.25) is 0 Å². The van der Waals surface area contributed by atoms with Gasteiger partial charge in [0.25, 0.3) is 6.01 Å². The maximum atomic E-state index is 5.40. The number of anilines is 1. The van der Waals surface area contributed by atoms with E-state index in [4.69, 9.17) is 10.2 Å². The van der Waals surface area contributed by atoms with Crippen LogP contribution in [0.15, 0.2) is 22.6 Å². The molecule has 0 bridgehead atoms. The molecule has 14 heavy (non-hydrogen) atoms. The first kappa shape index (κ1) is 10.6. The summed E-state index contributed by atoms with van der Waals surface area (Å²) in [5.74, 6) is 0. The second-order valence-corrected chi connectivity index (χ2v) is 2.71. The highest BCUT2D eigenvalue weighted by Crippen LogP contribution is 2.18. The number of aryl methyl sites for hydroxylation is 1. The Hall–Kier alpha value is -1.51. The summed E-state index contributed by atoms with van der Waals surface area (Å²) in [4.78, 5) is 4.00. The number of fused-ring (bicyclic) bond motifs is 1. The van der Waals surface area contributed by atoms with Crippen LogP contribution in [-0.4, -0.2) is 4.98 Å². The van der Waals surface area contributed by atoms with Crippen molar-refractivity contribution in [3.63, 3.8) is 0 Å². The number of nitrogens with zero attached hydrogens (tertiary/aromatic N) is 1. The third kappa shape index (κ3) is 2.05. The number of nitrogens with two attached hydrogens (primary N) is 1. The van der Waals surface area contributed by atoms with Crippen LogP contribution in [0, 0.1) is 0 Å². The molecule has 2 N–H and O–H groups in total. The summed E-state index contributed by atoms with van der Waals surface area (Å²) in [6, 6.07) is 6.16. The van der Waals surface area contributed by atoms with E-state index in [2.05, 4.69) is 11.9 Å². The molecule has 0 unspecified atom stereocenters. The van der Waals surface area contributed by atoms with Crippen molar-refractivity contribution in [1.29, 1.82) is 0 Å². The van der Waals surface area contributed by atoms with E-state index in [0.717, 1.165) is 17.5 Å². The van der Waals surface area contributed by atoms with Crippen molar-refractivity contribution in [2.45, 2.75) is 27.2 Å². The minimum atomic E-state index is 0.234. The summed E-state index contributed by atoms with van der Waals surface area (Å²) < 4.78 is 5.18. The molecular weight excluding hydrogens is 176 g/mol. The lowest BCUT2D eigenvalue weighted by Crippen LogP contribution is -1.80. The molecule has 0 fully saturated rings. The van der Waals surface area contributed by atoms with Gasteiger partial charge in [-0.1, -0.05) is 26.8 Å². The molecule has 0 atom stereocenters. The number of rotatable bonds is 1. The van der Waals surface area contributed by atoms with Gasteiger partial charge in [-0.25, -0.2) is 0 Å². The lowest BCUT2D eigenvalue weighted by Gasteiger charge is -1.92. The fraction of sp³-hybridized carbons (Fsp3) is 0.364. The molecule has 2 aromatic rings. The van der Waals surface area contributed by atoms with Crippen molar-refractivity contribution < 1.29 is 4.42 Å². The molecule has 0 spiro atoms. The minimum absolute atomic E-state index is 0.234. The SMILES string of the molecule is CC.CCc1ccc2nc(N)oc2c1. The highest BCUT2D eigenvalue weighted by molar-refractivity contribution is 5.74. The van der Waals surface area contributed by atoms with Crippen LogP contribution in [0.5, 0.6) is 0 Å². The van der Waals surface area contributed by atoms with Gasteiger partial charge < -0.3 is 10.2 Å². The van der Waals surface area contributed by atoms with Crippen LogP contribution in [0.25, 0.3) is 11.1 Å². The van der Waals surface area contributed by atoms with Crippen LogP contribution >= 0.6 is 0 Å². The summed E-state index contributed by atoms with van der Waals surface area (Å²) in [6.07, 6.45) is 0.997. The van der Waals surface area contributed by atoms with E-state index in [1.807, 2.05) is 32.0 Å². The minimum Gasteiger partial charge on any atom is -0.424 e. The van der Waals surface area contributed by atoms with Crippen LogP contribution in [0.4, 0.5) is 6.01 Å². The fourth-order valence-electron chi connectivity index (χ4n) is 1.21. The van der Waals surface area contributed by atoms with E-state index >= 15 is 0 Å². The van der Waals surface area contributed by atoms with E-state index in [0.29, 0.717) is 0 Å². The van der Waals surface area contributed by atoms with Gasteiger partial charge in [0, 0.05) is 0 Å². The molecule has 0 saturated carbocycles. The van der Waals surface area contributed by atoms with E-state index < -0.39 is 0 Å². The van der Waals surface area contributed by atoms with Gasteiger partial charge in [0.05, 0.1) is 0 Å². The van der Waals surface area contributed by atoms with Crippen molar-refractivity contribution >= 4 is 17.1 Å². The van der Waals surface area contributed by atoms with Gasteiger partial charge in [-0.05, 0) is 24.1 Å². The van der Waals surface area contributed by atoms with Gasteiger partial charge >= 0.3 is 0 Å². The standard InChI is InChI=1S/C9H10N2O.C2H6/c1-2-6-3-4-7-8(5-6)12-9(10)11-7;1-2/h3-5H,2H2,1H3,(H2,10,11);1-2H3. The maximum absolute atomic E-state index is 5.40. The average Bonchev–Trinajstić information content (AvgIpc) is 2.59. The van der Waals surface area contributed by atoms with Crippen molar-refractivity contribution in [1.82, 2.24) is 4.98 Å². The molecule has 0 amide bonds. The van der Waals surface area contributed by atoms with Crippen LogP contribution in [0.2, 0.25) is 0 Å². The number of nitrogen functional groups attached to an aromatic ring is 1. The molecule has 1 heterocycles. The smallest absolute Gasteiger partial charge is 0.292 e. The highest BCUT2D eigenvalue weighted by atomic mass is 16.4. The number of aromatic nitrogens is 1. The third-order valence-corrected chi connectivity index (χ3v) is 1.88. The Morgan fingerprint density at radius 2 is 2.07 bits per heavy atom. The summed E-state index contributed by atoms with van der Waals surface area (Å²) in [5.41, 5.74) is 8.23. The summed E-state index contributed by atoms with van der Waals surface area (Å²) >= 11 is 0. The van der Waals surface area contributed by atoms with Crippen LogP contribution in [0.1, 0.15) is 26.3 Å². The summed E-state index contributed by atoms with van der Waals surface area (Å²) in [6.45, 7) is 6.10. The molecular formula is C11H16N2O. The molecule has 0 saturated heterocycles. The van der Waals surface area contributed by atoms with E-state index in [1.165, 1.54) is 5.56 Å². The van der Waals surface area contributed by atoms with Gasteiger partial charge in [0.2, 0.25) is 0 Å². The van der Waals surface area contributed by atoms with E-state index in [-0.39, 0.29) is 6.01 Å². The van der Waals surface area contributed by atoms with Crippen molar-refractivity contribution in [2.24, 2.45) is 0 Å². The Bertz CT molecular complexity index is 407. The Morgan fingerprint density at radius 3 is 2.71 bits per heavy atom. The molecule has 0 aliphatic heterocycles. The first-order chi connectivity index (χ1) is 6.79. The van der Waals surface area contributed by atoms with Crippen molar-refractivity contribution in [2.75, 3.05) is 5.73 Å². The third-order valence-electron chi connectivity index (χ3n) is 1.88. The monoisotopic (exact) mass is 192 g/mol. The molecule has 1 aromatic carbocycles. The van der Waals surface area contributed by atoms with E-state index in [9.17, 15) is 0 Å². The second kappa shape index (κ2) is 4.65. The molecule has 76 valence electrons. The molecule has 3 nitrogen and oxygen atoms in total. The predicted octanol–water partition coefficient (Wildman–Crippen LogP) is 3.00. The van der Waals surface area contributed by atoms with Gasteiger partial charge in [-0.15, -0.1) is 0 Å². The van der Waals surface area contributed by atoms with Gasteiger partial charge in [0.1, 0.15) is 5.52 Å². The number of hydrogen-bond acceptors (Lipinski definition) is 3. The Balaban J connectivity index is 0.000000461. The lowest BCUT2D eigenvalue weighted by molar-refractivity contribution is 0.626. The molecule has 0 aliphatic carbocycles. The molecule has 0 aliphatic rings. The number of oxazole rings is 1. The second-order valence-electron chi connectivity index (χ2n) is 2.71. The van der Waals surface area contributed by atoms with E-state index in [1.54, 1.807) is 0 Å². The molecule has 2 rings (SSSR count). The molecule has 1 aromatic heterocycles. The van der Waals surface area contributed by atoms with Crippen molar-refractivity contribution in [3.8, 4) is 0 Å². The van der Waals surface area contributed by atoms with Gasteiger partial charge in [-0.2, -0.15) is 4.98 Å². The topological polar surface area (TPSA) is 52.0 Å². The Morgan fingerprint density at radius 1 is 1.36 bits per heavy atom. The first-order valence-corrected chi connectivity index (χ1v) is 4.94.